The van der Waals surface area contributed by atoms with Gasteiger partial charge in [-0.2, -0.15) is 0 Å². The Hall–Kier alpha value is -0.960. The SMILES string of the molecule is CC1(CNCc2cccc(F)c2F)CC1. The van der Waals surface area contributed by atoms with Crippen molar-refractivity contribution in [2.45, 2.75) is 26.3 Å². The maximum atomic E-state index is 13.2. The molecule has 0 radical (unpaired) electrons. The van der Waals surface area contributed by atoms with Gasteiger partial charge in [-0.05, 0) is 24.3 Å². The molecule has 82 valence electrons. The fourth-order valence-electron chi connectivity index (χ4n) is 1.57. The molecule has 1 aromatic rings. The van der Waals surface area contributed by atoms with Crippen molar-refractivity contribution >= 4 is 0 Å². The fourth-order valence-corrected chi connectivity index (χ4v) is 1.57. The highest BCUT2D eigenvalue weighted by molar-refractivity contribution is 5.18. The molecule has 0 aromatic heterocycles. The van der Waals surface area contributed by atoms with Gasteiger partial charge in [-0.3, -0.25) is 0 Å². The van der Waals surface area contributed by atoms with Crippen LogP contribution >= 0.6 is 0 Å². The first kappa shape index (κ1) is 10.6. The summed E-state index contributed by atoms with van der Waals surface area (Å²) in [6, 6.07) is 4.29. The van der Waals surface area contributed by atoms with Crippen molar-refractivity contribution in [3.05, 3.63) is 35.4 Å². The standard InChI is InChI=1S/C12H15F2N/c1-12(5-6-12)8-15-7-9-3-2-4-10(13)11(9)14/h2-4,15H,5-8H2,1H3. The third kappa shape index (κ3) is 2.53. The summed E-state index contributed by atoms with van der Waals surface area (Å²) >= 11 is 0. The number of hydrogen-bond donors (Lipinski definition) is 1. The van der Waals surface area contributed by atoms with E-state index in [1.54, 1.807) is 6.07 Å². The molecule has 0 unspecified atom stereocenters. The Bertz CT molecular complexity index is 359. The number of benzene rings is 1. The number of hydrogen-bond acceptors (Lipinski definition) is 1. The summed E-state index contributed by atoms with van der Waals surface area (Å²) in [4.78, 5) is 0. The molecule has 1 aliphatic carbocycles. The van der Waals surface area contributed by atoms with Crippen LogP contribution in [-0.2, 0) is 6.54 Å². The molecule has 0 aliphatic heterocycles. The van der Waals surface area contributed by atoms with Crippen LogP contribution in [-0.4, -0.2) is 6.54 Å². The van der Waals surface area contributed by atoms with Crippen molar-refractivity contribution in [2.75, 3.05) is 6.54 Å². The monoisotopic (exact) mass is 211 g/mol. The molecule has 0 saturated heterocycles. The number of halogens is 2. The lowest BCUT2D eigenvalue weighted by Crippen LogP contribution is -2.22. The van der Waals surface area contributed by atoms with Crippen LogP contribution < -0.4 is 5.32 Å². The normalized spacial score (nSPS) is 17.8. The van der Waals surface area contributed by atoms with Gasteiger partial charge < -0.3 is 5.32 Å². The van der Waals surface area contributed by atoms with Crippen LogP contribution in [0.3, 0.4) is 0 Å². The fraction of sp³-hybridized carbons (Fsp3) is 0.500. The van der Waals surface area contributed by atoms with E-state index < -0.39 is 11.6 Å². The highest BCUT2D eigenvalue weighted by Crippen LogP contribution is 2.44. The van der Waals surface area contributed by atoms with E-state index in [1.807, 2.05) is 0 Å². The largest absolute Gasteiger partial charge is 0.312 e. The van der Waals surface area contributed by atoms with E-state index in [4.69, 9.17) is 0 Å². The van der Waals surface area contributed by atoms with Crippen LogP contribution in [0.15, 0.2) is 18.2 Å². The van der Waals surface area contributed by atoms with Gasteiger partial charge in [0.05, 0.1) is 0 Å². The van der Waals surface area contributed by atoms with Gasteiger partial charge in [0, 0.05) is 18.7 Å². The van der Waals surface area contributed by atoms with Crippen LogP contribution in [0.4, 0.5) is 8.78 Å². The molecule has 0 heterocycles. The third-order valence-electron chi connectivity index (χ3n) is 3.00. The summed E-state index contributed by atoms with van der Waals surface area (Å²) in [7, 11) is 0. The van der Waals surface area contributed by atoms with Gasteiger partial charge in [-0.25, -0.2) is 8.78 Å². The van der Waals surface area contributed by atoms with Crippen molar-refractivity contribution < 1.29 is 8.78 Å². The second kappa shape index (κ2) is 3.89. The van der Waals surface area contributed by atoms with Crippen molar-refractivity contribution in [3.8, 4) is 0 Å². The topological polar surface area (TPSA) is 12.0 Å². The van der Waals surface area contributed by atoms with Crippen LogP contribution in [0.25, 0.3) is 0 Å². The average Bonchev–Trinajstić information content (AvgIpc) is 2.92. The predicted octanol–water partition coefficient (Wildman–Crippen LogP) is 2.85. The van der Waals surface area contributed by atoms with E-state index in [0.29, 0.717) is 17.5 Å². The van der Waals surface area contributed by atoms with Crippen LogP contribution in [0.2, 0.25) is 0 Å². The summed E-state index contributed by atoms with van der Waals surface area (Å²) < 4.78 is 26.1. The van der Waals surface area contributed by atoms with Gasteiger partial charge >= 0.3 is 0 Å². The molecule has 1 N–H and O–H groups in total. The lowest BCUT2D eigenvalue weighted by atomic mass is 10.1. The lowest BCUT2D eigenvalue weighted by Gasteiger charge is -2.10. The minimum absolute atomic E-state index is 0.393. The third-order valence-corrected chi connectivity index (χ3v) is 3.00. The zero-order valence-corrected chi connectivity index (χ0v) is 8.82. The summed E-state index contributed by atoms with van der Waals surface area (Å²) in [5, 5.41) is 3.17. The quantitative estimate of drug-likeness (QED) is 0.807. The molecule has 1 aromatic carbocycles. The molecule has 0 atom stereocenters. The van der Waals surface area contributed by atoms with Gasteiger partial charge in [0.1, 0.15) is 0 Å². The van der Waals surface area contributed by atoms with Crippen LogP contribution in [0, 0.1) is 17.0 Å². The van der Waals surface area contributed by atoms with E-state index in [1.165, 1.54) is 18.9 Å². The smallest absolute Gasteiger partial charge is 0.163 e. The average molecular weight is 211 g/mol. The van der Waals surface area contributed by atoms with Crippen molar-refractivity contribution in [2.24, 2.45) is 5.41 Å². The van der Waals surface area contributed by atoms with Crippen molar-refractivity contribution in [3.63, 3.8) is 0 Å². The summed E-state index contributed by atoms with van der Waals surface area (Å²) in [6.45, 7) is 3.48. The molecule has 15 heavy (non-hydrogen) atoms. The minimum atomic E-state index is -0.771. The van der Waals surface area contributed by atoms with Gasteiger partial charge in [0.25, 0.3) is 0 Å². The van der Waals surface area contributed by atoms with E-state index in [0.717, 1.165) is 12.6 Å². The summed E-state index contributed by atoms with van der Waals surface area (Å²) in [5.41, 5.74) is 0.795. The van der Waals surface area contributed by atoms with E-state index in [-0.39, 0.29) is 0 Å². The predicted molar refractivity (Wildman–Crippen MR) is 55.4 cm³/mol. The molecule has 0 amide bonds. The van der Waals surface area contributed by atoms with Gasteiger partial charge in [-0.15, -0.1) is 0 Å². The van der Waals surface area contributed by atoms with E-state index in [2.05, 4.69) is 12.2 Å². The highest BCUT2D eigenvalue weighted by atomic mass is 19.2. The Balaban J connectivity index is 1.90. The van der Waals surface area contributed by atoms with Crippen LogP contribution in [0.1, 0.15) is 25.3 Å². The Morgan fingerprint density at radius 2 is 2.07 bits per heavy atom. The second-order valence-electron chi connectivity index (χ2n) is 4.63. The van der Waals surface area contributed by atoms with Crippen molar-refractivity contribution in [1.82, 2.24) is 5.32 Å². The molecule has 0 spiro atoms. The van der Waals surface area contributed by atoms with Crippen LogP contribution in [0.5, 0.6) is 0 Å². The number of rotatable bonds is 4. The summed E-state index contributed by atoms with van der Waals surface area (Å²) in [6.07, 6.45) is 2.46. The summed E-state index contributed by atoms with van der Waals surface area (Å²) in [5.74, 6) is -1.50. The first-order chi connectivity index (χ1) is 7.11. The first-order valence-corrected chi connectivity index (χ1v) is 5.24. The molecular formula is C12H15F2N. The van der Waals surface area contributed by atoms with Gasteiger partial charge in [0.15, 0.2) is 11.6 Å². The molecule has 0 bridgehead atoms. The Labute approximate surface area is 88.5 Å². The van der Waals surface area contributed by atoms with Crippen molar-refractivity contribution in [1.29, 1.82) is 0 Å². The maximum Gasteiger partial charge on any atom is 0.163 e. The minimum Gasteiger partial charge on any atom is -0.312 e. The molecule has 1 saturated carbocycles. The van der Waals surface area contributed by atoms with Gasteiger partial charge in [-0.1, -0.05) is 19.1 Å². The lowest BCUT2D eigenvalue weighted by molar-refractivity contribution is 0.471. The zero-order chi connectivity index (χ0) is 10.9. The van der Waals surface area contributed by atoms with E-state index in [9.17, 15) is 8.78 Å². The molecule has 1 aliphatic rings. The molecule has 1 nitrogen and oxygen atoms in total. The Kier molecular flexibility index (Phi) is 2.74. The molecule has 1 fully saturated rings. The zero-order valence-electron chi connectivity index (χ0n) is 8.82. The first-order valence-electron chi connectivity index (χ1n) is 5.24. The Morgan fingerprint density at radius 1 is 1.33 bits per heavy atom. The van der Waals surface area contributed by atoms with Gasteiger partial charge in [0.2, 0.25) is 0 Å². The Morgan fingerprint density at radius 3 is 2.73 bits per heavy atom. The molecule has 3 heteroatoms. The van der Waals surface area contributed by atoms with E-state index >= 15 is 0 Å². The molecule has 2 rings (SSSR count). The highest BCUT2D eigenvalue weighted by Gasteiger charge is 2.36. The number of nitrogens with one attached hydrogen (secondary N) is 1. The second-order valence-corrected chi connectivity index (χ2v) is 4.63. The molecular weight excluding hydrogens is 196 g/mol. The maximum absolute atomic E-state index is 13.2.